The molecule has 2 fully saturated rings. The summed E-state index contributed by atoms with van der Waals surface area (Å²) < 4.78 is 38.6. The molecule has 0 aliphatic carbocycles. The molecule has 1 atom stereocenters. The van der Waals surface area contributed by atoms with Crippen LogP contribution in [0, 0.1) is 0 Å². The lowest BCUT2D eigenvalue weighted by atomic mass is 10.1. The van der Waals surface area contributed by atoms with Gasteiger partial charge in [0.2, 0.25) is 5.91 Å². The van der Waals surface area contributed by atoms with Gasteiger partial charge in [0, 0.05) is 57.9 Å². The van der Waals surface area contributed by atoms with Crippen molar-refractivity contribution in [1.82, 2.24) is 25.3 Å². The highest BCUT2D eigenvalue weighted by Crippen LogP contribution is 2.29. The number of piperazine rings is 1. The van der Waals surface area contributed by atoms with Gasteiger partial charge in [0.15, 0.2) is 0 Å². The van der Waals surface area contributed by atoms with Gasteiger partial charge in [-0.3, -0.25) is 24.3 Å². The monoisotopic (exact) mass is 517 g/mol. The van der Waals surface area contributed by atoms with Crippen molar-refractivity contribution in [2.75, 3.05) is 52.4 Å². The summed E-state index contributed by atoms with van der Waals surface area (Å²) in [6, 6.07) is 14.7. The molecule has 2 saturated heterocycles. The van der Waals surface area contributed by atoms with Gasteiger partial charge >= 0.3 is 6.18 Å². The summed E-state index contributed by atoms with van der Waals surface area (Å²) in [5.41, 5.74) is 0.301. The fourth-order valence-corrected chi connectivity index (χ4v) is 4.88. The van der Waals surface area contributed by atoms with Crippen LogP contribution in [0.2, 0.25) is 0 Å². The van der Waals surface area contributed by atoms with E-state index in [-0.39, 0.29) is 24.2 Å². The highest BCUT2D eigenvalue weighted by Gasteiger charge is 2.31. The molecule has 200 valence electrons. The van der Waals surface area contributed by atoms with Crippen LogP contribution in [-0.2, 0) is 17.5 Å². The second kappa shape index (κ2) is 12.5. The van der Waals surface area contributed by atoms with Gasteiger partial charge in [0.1, 0.15) is 0 Å². The number of alkyl halides is 3. The highest BCUT2D eigenvalue weighted by molar-refractivity contribution is 5.96. The molecule has 2 N–H and O–H groups in total. The first-order chi connectivity index (χ1) is 17.8. The second-order valence-corrected chi connectivity index (χ2v) is 9.63. The third-order valence-electron chi connectivity index (χ3n) is 6.97. The van der Waals surface area contributed by atoms with Crippen LogP contribution in [0.4, 0.5) is 13.2 Å². The second-order valence-electron chi connectivity index (χ2n) is 9.63. The molecule has 1 unspecified atom stereocenters. The molecule has 0 bridgehead atoms. The van der Waals surface area contributed by atoms with Gasteiger partial charge in [0.05, 0.1) is 18.3 Å². The van der Waals surface area contributed by atoms with Crippen molar-refractivity contribution < 1.29 is 22.8 Å². The lowest BCUT2D eigenvalue weighted by Gasteiger charge is -2.36. The molecule has 2 aliphatic heterocycles. The van der Waals surface area contributed by atoms with E-state index in [0.717, 1.165) is 77.3 Å². The highest BCUT2D eigenvalue weighted by atomic mass is 19.4. The van der Waals surface area contributed by atoms with Crippen LogP contribution >= 0.6 is 0 Å². The minimum Gasteiger partial charge on any atom is -0.343 e. The minimum absolute atomic E-state index is 0.0997. The third kappa shape index (κ3) is 8.02. The van der Waals surface area contributed by atoms with E-state index in [2.05, 4.69) is 49.6 Å². The zero-order valence-electron chi connectivity index (χ0n) is 20.8. The number of rotatable bonds is 9. The zero-order chi connectivity index (χ0) is 26.3. The Kier molecular flexibility index (Phi) is 9.18. The van der Waals surface area contributed by atoms with E-state index in [9.17, 15) is 22.8 Å². The molecule has 2 heterocycles. The Morgan fingerprint density at radius 3 is 2.35 bits per heavy atom. The molecule has 2 aliphatic rings. The summed E-state index contributed by atoms with van der Waals surface area (Å²) in [7, 11) is 0. The fraction of sp³-hybridized carbons (Fsp3) is 0.481. The lowest BCUT2D eigenvalue weighted by molar-refractivity contribution is -0.137. The maximum atomic E-state index is 12.9. The van der Waals surface area contributed by atoms with E-state index < -0.39 is 17.6 Å². The Balaban J connectivity index is 1.16. The number of carbonyl (C=O) groups is 2. The molecule has 4 rings (SSSR count). The number of likely N-dealkylation sites (tertiary alicyclic amines) is 1. The summed E-state index contributed by atoms with van der Waals surface area (Å²) in [5.74, 6) is -1.07. The third-order valence-corrected chi connectivity index (χ3v) is 6.97. The fourth-order valence-electron chi connectivity index (χ4n) is 4.88. The van der Waals surface area contributed by atoms with Gasteiger partial charge in [0.25, 0.3) is 5.91 Å². The number of hydrogen-bond acceptors (Lipinski definition) is 5. The topological polar surface area (TPSA) is 67.9 Å². The maximum absolute atomic E-state index is 12.9. The van der Waals surface area contributed by atoms with Gasteiger partial charge in [-0.1, -0.05) is 36.4 Å². The molecule has 37 heavy (non-hydrogen) atoms. The normalized spacial score (nSPS) is 19.6. The Labute approximate surface area is 215 Å². The number of hydrogen-bond donors (Lipinski definition) is 2. The van der Waals surface area contributed by atoms with Gasteiger partial charge in [-0.15, -0.1) is 0 Å². The van der Waals surface area contributed by atoms with Crippen molar-refractivity contribution in [2.45, 2.75) is 31.7 Å². The average molecular weight is 518 g/mol. The average Bonchev–Trinajstić information content (AvgIpc) is 3.33. The number of amides is 2. The van der Waals surface area contributed by atoms with E-state index in [0.29, 0.717) is 0 Å². The molecule has 2 aromatic rings. The van der Waals surface area contributed by atoms with Crippen LogP contribution < -0.4 is 10.6 Å². The molecule has 0 aromatic heterocycles. The molecule has 0 spiro atoms. The summed E-state index contributed by atoms with van der Waals surface area (Å²) in [5, 5.41) is 5.38. The quantitative estimate of drug-likeness (QED) is 0.536. The molecule has 0 radical (unpaired) electrons. The Bertz CT molecular complexity index is 1040. The van der Waals surface area contributed by atoms with Crippen molar-refractivity contribution in [1.29, 1.82) is 0 Å². The smallest absolute Gasteiger partial charge is 0.343 e. The van der Waals surface area contributed by atoms with E-state index >= 15 is 0 Å². The molecular formula is C27H34F3N5O2. The Morgan fingerprint density at radius 1 is 0.892 bits per heavy atom. The van der Waals surface area contributed by atoms with Crippen molar-refractivity contribution in [3.05, 3.63) is 71.3 Å². The van der Waals surface area contributed by atoms with Crippen LogP contribution in [0.1, 0.15) is 34.3 Å². The minimum atomic E-state index is -4.53. The van der Waals surface area contributed by atoms with Crippen molar-refractivity contribution in [3.8, 4) is 0 Å². The van der Waals surface area contributed by atoms with E-state index in [1.807, 2.05) is 6.07 Å². The zero-order valence-corrected chi connectivity index (χ0v) is 20.8. The first-order valence-electron chi connectivity index (χ1n) is 12.8. The number of carbonyl (C=O) groups excluding carboxylic acids is 2. The predicted octanol–water partition coefficient (Wildman–Crippen LogP) is 2.79. The summed E-state index contributed by atoms with van der Waals surface area (Å²) in [4.78, 5) is 31.9. The summed E-state index contributed by atoms with van der Waals surface area (Å²) >= 11 is 0. The first-order valence-corrected chi connectivity index (χ1v) is 12.8. The molecule has 0 saturated carbocycles. The SMILES string of the molecule is O=C(CNC(=O)c1cccc(C(F)(F)F)c1)NC1CCCN1CCN1CCN(Cc2ccccc2)CC1. The Morgan fingerprint density at radius 2 is 1.62 bits per heavy atom. The van der Waals surface area contributed by atoms with Gasteiger partial charge in [-0.05, 0) is 36.6 Å². The molecule has 2 aromatic carbocycles. The van der Waals surface area contributed by atoms with Crippen LogP contribution in [0.5, 0.6) is 0 Å². The van der Waals surface area contributed by atoms with Crippen molar-refractivity contribution >= 4 is 11.8 Å². The van der Waals surface area contributed by atoms with E-state index in [1.165, 1.54) is 17.7 Å². The molecule has 2 amide bonds. The number of nitrogens with one attached hydrogen (secondary N) is 2. The number of benzene rings is 2. The summed E-state index contributed by atoms with van der Waals surface area (Å²) in [6.45, 7) is 7.44. The van der Waals surface area contributed by atoms with Crippen molar-refractivity contribution in [2.24, 2.45) is 0 Å². The first kappa shape index (κ1) is 27.1. The van der Waals surface area contributed by atoms with Crippen molar-refractivity contribution in [3.63, 3.8) is 0 Å². The van der Waals surface area contributed by atoms with Crippen LogP contribution in [0.3, 0.4) is 0 Å². The molecule has 10 heteroatoms. The number of nitrogens with zero attached hydrogens (tertiary/aromatic N) is 3. The standard InChI is InChI=1S/C27H34F3N5O2/c28-27(29,30)23-9-4-8-22(18-23)26(37)31-19-25(36)32-24-10-5-11-35(24)17-16-33-12-14-34(15-13-33)20-21-6-2-1-3-7-21/h1-4,6-9,18,24H,5,10-17,19-20H2,(H,31,37)(H,32,36). The summed E-state index contributed by atoms with van der Waals surface area (Å²) in [6.07, 6.45) is -2.82. The Hall–Kier alpha value is -2.95. The van der Waals surface area contributed by atoms with Gasteiger partial charge in [-0.2, -0.15) is 13.2 Å². The maximum Gasteiger partial charge on any atom is 0.416 e. The molecular weight excluding hydrogens is 483 g/mol. The van der Waals surface area contributed by atoms with Crippen LogP contribution in [0.25, 0.3) is 0 Å². The van der Waals surface area contributed by atoms with Crippen LogP contribution in [-0.4, -0.2) is 85.0 Å². The largest absolute Gasteiger partial charge is 0.416 e. The molecule has 7 nitrogen and oxygen atoms in total. The predicted molar refractivity (Wildman–Crippen MR) is 135 cm³/mol. The lowest BCUT2D eigenvalue weighted by Crippen LogP contribution is -2.51. The van der Waals surface area contributed by atoms with E-state index in [4.69, 9.17) is 0 Å². The van der Waals surface area contributed by atoms with Gasteiger partial charge in [-0.25, -0.2) is 0 Å². The van der Waals surface area contributed by atoms with Gasteiger partial charge < -0.3 is 10.6 Å². The van der Waals surface area contributed by atoms with Crippen LogP contribution in [0.15, 0.2) is 54.6 Å². The van der Waals surface area contributed by atoms with E-state index in [1.54, 1.807) is 0 Å². The number of halogens is 3.